The van der Waals surface area contributed by atoms with Crippen LogP contribution in [0.15, 0.2) is 54.6 Å². The minimum atomic E-state index is -2.47. The molecule has 2 heteroatoms. The molecule has 0 unspecified atom stereocenters. The Morgan fingerprint density at radius 3 is 2.00 bits per heavy atom. The molecule has 0 nitrogen and oxygen atoms in total. The molecule has 0 aliphatic heterocycles. The van der Waals surface area contributed by atoms with Gasteiger partial charge in [-0.15, -0.1) is 0 Å². The summed E-state index contributed by atoms with van der Waals surface area (Å²) in [6.45, 7) is 2.25. The molecule has 0 atom stereocenters. The maximum absolute atomic E-state index is 13.4. The average Bonchev–Trinajstić information content (AvgIpc) is 2.81. The largest absolute Gasteiger partial charge is 0.248 e. The van der Waals surface area contributed by atoms with Gasteiger partial charge in [0.15, 0.2) is 0 Å². The highest BCUT2D eigenvalue weighted by atomic mass is 19.3. The maximum Gasteiger partial charge on any atom is 0.248 e. The Morgan fingerprint density at radius 1 is 0.812 bits per heavy atom. The summed E-state index contributed by atoms with van der Waals surface area (Å²) in [5.74, 6) is 4.22. The van der Waals surface area contributed by atoms with Crippen LogP contribution in [0.3, 0.4) is 0 Å². The molecule has 0 radical (unpaired) electrons. The third-order valence-corrected chi connectivity index (χ3v) is 6.40. The SMILES string of the molecule is CCCCCCCC/C=C/c1ccc(C#Cc2ccc(C3CCC(F)(F)CC3)cc2)cc1. The van der Waals surface area contributed by atoms with Crippen LogP contribution >= 0.6 is 0 Å². The van der Waals surface area contributed by atoms with Crippen LogP contribution in [-0.2, 0) is 0 Å². The quantitative estimate of drug-likeness (QED) is 0.273. The van der Waals surface area contributed by atoms with Gasteiger partial charge in [0.25, 0.3) is 0 Å². The van der Waals surface area contributed by atoms with Gasteiger partial charge in [-0.3, -0.25) is 0 Å². The Morgan fingerprint density at radius 2 is 1.38 bits per heavy atom. The first-order valence-electron chi connectivity index (χ1n) is 12.3. The van der Waals surface area contributed by atoms with Crippen molar-refractivity contribution in [3.8, 4) is 11.8 Å². The molecule has 1 saturated carbocycles. The second-order valence-corrected chi connectivity index (χ2v) is 9.08. The van der Waals surface area contributed by atoms with Gasteiger partial charge in [-0.1, -0.05) is 87.3 Å². The van der Waals surface area contributed by atoms with Crippen molar-refractivity contribution in [3.05, 3.63) is 76.9 Å². The Balaban J connectivity index is 1.45. The minimum absolute atomic E-state index is 0.00343. The van der Waals surface area contributed by atoms with E-state index >= 15 is 0 Å². The summed E-state index contributed by atoms with van der Waals surface area (Å²) < 4.78 is 26.7. The number of rotatable bonds is 9. The van der Waals surface area contributed by atoms with E-state index in [1.165, 1.54) is 44.1 Å². The number of allylic oxidation sites excluding steroid dienone is 1. The second-order valence-electron chi connectivity index (χ2n) is 9.08. The molecule has 1 aliphatic rings. The third kappa shape index (κ3) is 8.27. The highest BCUT2D eigenvalue weighted by Crippen LogP contribution is 2.40. The fourth-order valence-corrected chi connectivity index (χ4v) is 4.30. The molecule has 0 amide bonds. The predicted molar refractivity (Wildman–Crippen MR) is 132 cm³/mol. The molecule has 0 heterocycles. The molecule has 2 aromatic carbocycles. The van der Waals surface area contributed by atoms with E-state index in [0.29, 0.717) is 12.8 Å². The zero-order valence-corrected chi connectivity index (χ0v) is 19.4. The van der Waals surface area contributed by atoms with Gasteiger partial charge in [0.1, 0.15) is 0 Å². The zero-order valence-electron chi connectivity index (χ0n) is 19.4. The lowest BCUT2D eigenvalue weighted by Gasteiger charge is -2.28. The van der Waals surface area contributed by atoms with Gasteiger partial charge < -0.3 is 0 Å². The highest BCUT2D eigenvalue weighted by molar-refractivity contribution is 5.52. The molecule has 0 spiro atoms. The standard InChI is InChI=1S/C30H36F2/c1-2-3-4-5-6-7-8-9-10-25-11-13-26(14-12-25)15-16-27-17-19-28(20-18-27)29-21-23-30(31,32)24-22-29/h9-14,17-20,29H,2-8,21-24H2,1H3/b10-9+. The van der Waals surface area contributed by atoms with Gasteiger partial charge in [-0.2, -0.15) is 0 Å². The first-order valence-corrected chi connectivity index (χ1v) is 12.3. The van der Waals surface area contributed by atoms with Crippen LogP contribution in [0.5, 0.6) is 0 Å². The minimum Gasteiger partial charge on any atom is -0.207 e. The summed E-state index contributed by atoms with van der Waals surface area (Å²) in [6.07, 6.45) is 14.8. The number of hydrogen-bond donors (Lipinski definition) is 0. The van der Waals surface area contributed by atoms with Crippen LogP contribution in [-0.4, -0.2) is 5.92 Å². The summed E-state index contributed by atoms with van der Waals surface area (Å²) in [5.41, 5.74) is 4.32. The lowest BCUT2D eigenvalue weighted by molar-refractivity contribution is -0.0382. The van der Waals surface area contributed by atoms with E-state index in [0.717, 1.165) is 23.1 Å². The zero-order chi connectivity index (χ0) is 22.7. The van der Waals surface area contributed by atoms with E-state index in [9.17, 15) is 8.78 Å². The van der Waals surface area contributed by atoms with Gasteiger partial charge in [-0.25, -0.2) is 8.78 Å². The van der Waals surface area contributed by atoms with Crippen molar-refractivity contribution < 1.29 is 8.78 Å². The van der Waals surface area contributed by atoms with E-state index in [1.54, 1.807) is 0 Å². The first-order chi connectivity index (χ1) is 15.6. The van der Waals surface area contributed by atoms with Crippen LogP contribution in [0, 0.1) is 11.8 Å². The van der Waals surface area contributed by atoms with Gasteiger partial charge in [-0.05, 0) is 67.0 Å². The van der Waals surface area contributed by atoms with Crippen molar-refractivity contribution in [2.24, 2.45) is 0 Å². The fraction of sp³-hybridized carbons (Fsp3) is 0.467. The molecule has 1 fully saturated rings. The van der Waals surface area contributed by atoms with Crippen LogP contribution < -0.4 is 0 Å². The lowest BCUT2D eigenvalue weighted by atomic mass is 9.82. The van der Waals surface area contributed by atoms with Crippen LogP contribution in [0.4, 0.5) is 8.78 Å². The molecule has 0 aromatic heterocycles. The Kier molecular flexibility index (Phi) is 9.54. The second kappa shape index (κ2) is 12.6. The molecule has 170 valence electrons. The van der Waals surface area contributed by atoms with Crippen LogP contribution in [0.25, 0.3) is 6.08 Å². The van der Waals surface area contributed by atoms with Gasteiger partial charge in [0.05, 0.1) is 0 Å². The number of benzene rings is 2. The fourth-order valence-electron chi connectivity index (χ4n) is 4.30. The summed E-state index contributed by atoms with van der Waals surface area (Å²) in [7, 11) is 0. The van der Waals surface area contributed by atoms with E-state index in [-0.39, 0.29) is 18.8 Å². The summed E-state index contributed by atoms with van der Waals surface area (Å²) in [5, 5.41) is 0. The molecule has 0 N–H and O–H groups in total. The van der Waals surface area contributed by atoms with Crippen LogP contribution in [0.2, 0.25) is 0 Å². The molecule has 1 aliphatic carbocycles. The molecule has 32 heavy (non-hydrogen) atoms. The average molecular weight is 435 g/mol. The molecule has 3 rings (SSSR count). The molecular weight excluding hydrogens is 398 g/mol. The van der Waals surface area contributed by atoms with Crippen LogP contribution in [0.1, 0.15) is 106 Å². The maximum atomic E-state index is 13.4. The van der Waals surface area contributed by atoms with E-state index in [4.69, 9.17) is 0 Å². The van der Waals surface area contributed by atoms with Crippen molar-refractivity contribution in [1.29, 1.82) is 0 Å². The topological polar surface area (TPSA) is 0 Å². The van der Waals surface area contributed by atoms with E-state index in [2.05, 4.69) is 67.3 Å². The Bertz CT molecular complexity index is 885. The van der Waals surface area contributed by atoms with Crippen molar-refractivity contribution >= 4 is 6.08 Å². The van der Waals surface area contributed by atoms with Crippen molar-refractivity contribution in [1.82, 2.24) is 0 Å². The Hall–Kier alpha value is -2.40. The monoisotopic (exact) mass is 434 g/mol. The molecular formula is C30H36F2. The van der Waals surface area contributed by atoms with E-state index in [1.807, 2.05) is 12.1 Å². The smallest absolute Gasteiger partial charge is 0.207 e. The normalized spacial score (nSPS) is 16.1. The van der Waals surface area contributed by atoms with Crippen molar-refractivity contribution in [2.75, 3.05) is 0 Å². The highest BCUT2D eigenvalue weighted by Gasteiger charge is 2.35. The van der Waals surface area contributed by atoms with Crippen molar-refractivity contribution in [3.63, 3.8) is 0 Å². The number of unbranched alkanes of at least 4 members (excludes halogenated alkanes) is 6. The van der Waals surface area contributed by atoms with E-state index < -0.39 is 5.92 Å². The third-order valence-electron chi connectivity index (χ3n) is 6.40. The summed E-state index contributed by atoms with van der Waals surface area (Å²) >= 11 is 0. The Labute approximate surface area is 193 Å². The summed E-state index contributed by atoms with van der Waals surface area (Å²) in [4.78, 5) is 0. The predicted octanol–water partition coefficient (Wildman–Crippen LogP) is 9.14. The molecule has 0 bridgehead atoms. The molecule has 2 aromatic rings. The lowest BCUT2D eigenvalue weighted by Crippen LogP contribution is -2.23. The summed E-state index contributed by atoms with van der Waals surface area (Å²) in [6, 6.07) is 16.5. The first kappa shape index (κ1) is 24.2. The molecule has 0 saturated heterocycles. The van der Waals surface area contributed by atoms with Gasteiger partial charge in [0, 0.05) is 24.0 Å². The van der Waals surface area contributed by atoms with Gasteiger partial charge in [0.2, 0.25) is 5.92 Å². The number of alkyl halides is 2. The number of hydrogen-bond acceptors (Lipinski definition) is 0. The van der Waals surface area contributed by atoms with Crippen molar-refractivity contribution in [2.45, 2.75) is 89.4 Å². The number of halogens is 2. The van der Waals surface area contributed by atoms with Gasteiger partial charge >= 0.3 is 0 Å².